The van der Waals surface area contributed by atoms with Crippen LogP contribution in [0.3, 0.4) is 0 Å². The van der Waals surface area contributed by atoms with Crippen LogP contribution in [0.5, 0.6) is 0 Å². The summed E-state index contributed by atoms with van der Waals surface area (Å²) >= 11 is 0. The Kier molecular flexibility index (Phi) is 9.46. The number of halogens is 1. The molecule has 1 aliphatic carbocycles. The molecule has 0 bridgehead atoms. The van der Waals surface area contributed by atoms with Crippen molar-refractivity contribution in [1.29, 1.82) is 0 Å². The number of nitrogens with one attached hydrogen (secondary N) is 2. The van der Waals surface area contributed by atoms with Crippen LogP contribution >= 0.6 is 24.0 Å². The molecule has 4 nitrogen and oxygen atoms in total. The van der Waals surface area contributed by atoms with Gasteiger partial charge < -0.3 is 15.5 Å². The van der Waals surface area contributed by atoms with Crippen LogP contribution < -0.4 is 10.6 Å². The minimum absolute atomic E-state index is 0. The summed E-state index contributed by atoms with van der Waals surface area (Å²) in [7, 11) is 4.22. The highest BCUT2D eigenvalue weighted by molar-refractivity contribution is 14.0. The maximum atomic E-state index is 4.74. The van der Waals surface area contributed by atoms with E-state index in [4.69, 9.17) is 4.99 Å². The van der Waals surface area contributed by atoms with E-state index in [1.165, 1.54) is 0 Å². The minimum Gasteiger partial charge on any atom is -0.357 e. The van der Waals surface area contributed by atoms with Crippen LogP contribution in [0.2, 0.25) is 0 Å². The van der Waals surface area contributed by atoms with Crippen molar-refractivity contribution in [1.82, 2.24) is 15.5 Å². The first-order chi connectivity index (χ1) is 8.93. The van der Waals surface area contributed by atoms with Gasteiger partial charge in [-0.1, -0.05) is 26.0 Å². The van der Waals surface area contributed by atoms with Gasteiger partial charge in [0.05, 0.1) is 0 Å². The second kappa shape index (κ2) is 9.60. The first-order valence-electron chi connectivity index (χ1n) is 7.27. The molecule has 0 spiro atoms. The van der Waals surface area contributed by atoms with Crippen molar-refractivity contribution in [3.63, 3.8) is 0 Å². The second-order valence-corrected chi connectivity index (χ2v) is 6.38. The van der Waals surface area contributed by atoms with Crippen LogP contribution in [0.25, 0.3) is 0 Å². The van der Waals surface area contributed by atoms with Crippen LogP contribution in [0.4, 0.5) is 0 Å². The van der Waals surface area contributed by atoms with Gasteiger partial charge in [-0.2, -0.15) is 0 Å². The monoisotopic (exact) mass is 394 g/mol. The zero-order chi connectivity index (χ0) is 14.3. The molecule has 0 aliphatic heterocycles. The van der Waals surface area contributed by atoms with Gasteiger partial charge in [0.1, 0.15) is 0 Å². The van der Waals surface area contributed by atoms with E-state index in [-0.39, 0.29) is 29.4 Å². The maximum absolute atomic E-state index is 4.74. The lowest BCUT2D eigenvalue weighted by molar-refractivity contribution is 0.248. The number of hydrogen-bond donors (Lipinski definition) is 2. The first-order valence-corrected chi connectivity index (χ1v) is 7.27. The molecule has 0 atom stereocenters. The molecule has 0 radical (unpaired) electrons. The van der Waals surface area contributed by atoms with E-state index < -0.39 is 0 Å². The molecule has 0 fully saturated rings. The van der Waals surface area contributed by atoms with Gasteiger partial charge in [-0.15, -0.1) is 24.0 Å². The Morgan fingerprint density at radius 1 is 1.30 bits per heavy atom. The standard InChI is InChI=1S/C15H30N4.HI/c1-6-16-14(18-13-9-7-8-10-13)17-11-15(2,3)12-19(4)5;/h7-8,13H,6,9-12H2,1-5H3,(H2,16,17,18);1H. The van der Waals surface area contributed by atoms with Crippen molar-refractivity contribution in [2.45, 2.75) is 39.7 Å². The molecule has 5 heteroatoms. The Hall–Kier alpha value is -0.300. The van der Waals surface area contributed by atoms with Crippen molar-refractivity contribution in [3.8, 4) is 0 Å². The summed E-state index contributed by atoms with van der Waals surface area (Å²) in [5.74, 6) is 0.947. The largest absolute Gasteiger partial charge is 0.357 e. The highest BCUT2D eigenvalue weighted by Gasteiger charge is 2.19. The molecule has 0 heterocycles. The molecule has 0 aromatic carbocycles. The Morgan fingerprint density at radius 2 is 1.90 bits per heavy atom. The zero-order valence-electron chi connectivity index (χ0n) is 13.6. The van der Waals surface area contributed by atoms with E-state index in [0.717, 1.165) is 38.4 Å². The highest BCUT2D eigenvalue weighted by Crippen LogP contribution is 2.16. The molecule has 0 unspecified atom stereocenters. The summed E-state index contributed by atoms with van der Waals surface area (Å²) in [4.78, 5) is 6.96. The van der Waals surface area contributed by atoms with E-state index in [1.54, 1.807) is 0 Å². The predicted octanol–water partition coefficient (Wildman–Crippen LogP) is 2.47. The molecule has 118 valence electrons. The van der Waals surface area contributed by atoms with Crippen LogP contribution in [-0.4, -0.2) is 50.6 Å². The molecule has 0 aromatic heterocycles. The van der Waals surface area contributed by atoms with E-state index in [0.29, 0.717) is 6.04 Å². The van der Waals surface area contributed by atoms with E-state index in [2.05, 4.69) is 62.6 Å². The summed E-state index contributed by atoms with van der Waals surface area (Å²) in [5.41, 5.74) is 0.194. The number of guanidine groups is 1. The lowest BCUT2D eigenvalue weighted by Crippen LogP contribution is -2.43. The Balaban J connectivity index is 0.00000361. The Labute approximate surface area is 141 Å². The van der Waals surface area contributed by atoms with E-state index >= 15 is 0 Å². The third kappa shape index (κ3) is 8.09. The molecule has 0 saturated heterocycles. The fourth-order valence-corrected chi connectivity index (χ4v) is 2.45. The van der Waals surface area contributed by atoms with Crippen LogP contribution in [0, 0.1) is 5.41 Å². The fourth-order valence-electron chi connectivity index (χ4n) is 2.45. The molecule has 0 amide bonds. The van der Waals surface area contributed by atoms with Gasteiger partial charge in [-0.3, -0.25) is 4.99 Å². The molecule has 0 aromatic rings. The molecule has 0 saturated carbocycles. The van der Waals surface area contributed by atoms with Crippen molar-refractivity contribution >= 4 is 29.9 Å². The second-order valence-electron chi connectivity index (χ2n) is 6.38. The quantitative estimate of drug-likeness (QED) is 0.315. The number of hydrogen-bond acceptors (Lipinski definition) is 2. The molecule has 1 aliphatic rings. The van der Waals surface area contributed by atoms with E-state index in [1.807, 2.05) is 0 Å². The van der Waals surface area contributed by atoms with Crippen LogP contribution in [-0.2, 0) is 0 Å². The lowest BCUT2D eigenvalue weighted by Gasteiger charge is -2.27. The lowest BCUT2D eigenvalue weighted by atomic mass is 9.93. The molecule has 2 N–H and O–H groups in total. The zero-order valence-corrected chi connectivity index (χ0v) is 15.9. The molecule has 1 rings (SSSR count). The summed E-state index contributed by atoms with van der Waals surface area (Å²) in [5, 5.41) is 6.84. The minimum atomic E-state index is 0. The first kappa shape index (κ1) is 19.7. The number of nitrogens with zero attached hydrogens (tertiary/aromatic N) is 2. The van der Waals surface area contributed by atoms with Crippen molar-refractivity contribution in [2.24, 2.45) is 10.4 Å². The molecular formula is C15H31IN4. The van der Waals surface area contributed by atoms with Gasteiger partial charge >= 0.3 is 0 Å². The van der Waals surface area contributed by atoms with Gasteiger partial charge in [0.2, 0.25) is 0 Å². The molecule has 20 heavy (non-hydrogen) atoms. The SMILES string of the molecule is CCNC(=NCC(C)(C)CN(C)C)NC1CC=CC1.I. The highest BCUT2D eigenvalue weighted by atomic mass is 127. The number of aliphatic imine (C=N–C) groups is 1. The predicted molar refractivity (Wildman–Crippen MR) is 99.0 cm³/mol. The Morgan fingerprint density at radius 3 is 2.40 bits per heavy atom. The fraction of sp³-hybridized carbons (Fsp3) is 0.800. The average Bonchev–Trinajstić information content (AvgIpc) is 2.77. The van der Waals surface area contributed by atoms with Gasteiger partial charge in [-0.25, -0.2) is 0 Å². The topological polar surface area (TPSA) is 39.7 Å². The van der Waals surface area contributed by atoms with E-state index in [9.17, 15) is 0 Å². The average molecular weight is 394 g/mol. The summed E-state index contributed by atoms with van der Waals surface area (Å²) in [6.45, 7) is 9.41. The summed E-state index contributed by atoms with van der Waals surface area (Å²) in [6.07, 6.45) is 6.67. The third-order valence-electron chi connectivity index (χ3n) is 3.10. The van der Waals surface area contributed by atoms with Gasteiger partial charge in [-0.05, 0) is 39.3 Å². The summed E-state index contributed by atoms with van der Waals surface area (Å²) in [6, 6.07) is 0.509. The molecular weight excluding hydrogens is 363 g/mol. The van der Waals surface area contributed by atoms with Gasteiger partial charge in [0.25, 0.3) is 0 Å². The van der Waals surface area contributed by atoms with Crippen molar-refractivity contribution in [2.75, 3.05) is 33.7 Å². The normalized spacial score (nSPS) is 16.4. The van der Waals surface area contributed by atoms with Crippen LogP contribution in [0.15, 0.2) is 17.1 Å². The van der Waals surface area contributed by atoms with Gasteiger partial charge in [0.15, 0.2) is 5.96 Å². The van der Waals surface area contributed by atoms with Gasteiger partial charge in [0, 0.05) is 25.7 Å². The van der Waals surface area contributed by atoms with Crippen LogP contribution in [0.1, 0.15) is 33.6 Å². The Bertz CT molecular complexity index is 316. The third-order valence-corrected chi connectivity index (χ3v) is 3.10. The maximum Gasteiger partial charge on any atom is 0.191 e. The van der Waals surface area contributed by atoms with Crippen molar-refractivity contribution in [3.05, 3.63) is 12.2 Å². The number of rotatable bonds is 6. The summed E-state index contributed by atoms with van der Waals surface area (Å²) < 4.78 is 0. The smallest absolute Gasteiger partial charge is 0.191 e. The van der Waals surface area contributed by atoms with Crippen molar-refractivity contribution < 1.29 is 0 Å².